The molecule has 1 fully saturated rings. The van der Waals surface area contributed by atoms with E-state index in [4.69, 9.17) is 4.74 Å². The maximum Gasteiger partial charge on any atom is 1.00 e. The van der Waals surface area contributed by atoms with Gasteiger partial charge in [-0.05, 0) is 6.16 Å². The van der Waals surface area contributed by atoms with Gasteiger partial charge in [0.1, 0.15) is 0 Å². The summed E-state index contributed by atoms with van der Waals surface area (Å²) in [5, 5.41) is 0. The number of epoxide rings is 1. The van der Waals surface area contributed by atoms with E-state index >= 15 is 0 Å². The number of hydrogen-bond acceptors (Lipinski definition) is 1. The van der Waals surface area contributed by atoms with Crippen LogP contribution in [0, 0.1) is 0 Å². The maximum atomic E-state index is 4.84. The van der Waals surface area contributed by atoms with Crippen LogP contribution in [0.3, 0.4) is 0 Å². The Balaban J connectivity index is 0. The van der Waals surface area contributed by atoms with Gasteiger partial charge in [0, 0.05) is 0 Å². The Morgan fingerprint density at radius 3 is 2.50 bits per heavy atom. The third-order valence-corrected chi connectivity index (χ3v) is 1.19. The Morgan fingerprint density at radius 2 is 2.50 bits per heavy atom. The van der Waals surface area contributed by atoms with E-state index in [2.05, 4.69) is 9.24 Å². The van der Waals surface area contributed by atoms with Crippen molar-refractivity contribution >= 4 is 9.24 Å². The molecule has 1 heterocycles. The van der Waals surface area contributed by atoms with Crippen LogP contribution in [-0.4, -0.2) is 18.9 Å². The Bertz CT molecular complexity index is 41.9. The summed E-state index contributed by atoms with van der Waals surface area (Å²) in [6.07, 6.45) is 1.71. The van der Waals surface area contributed by atoms with E-state index < -0.39 is 0 Å². The minimum absolute atomic E-state index is 0. The van der Waals surface area contributed by atoms with E-state index in [1.54, 1.807) is 0 Å². The van der Waals surface area contributed by atoms with Gasteiger partial charge in [0.05, 0.1) is 12.7 Å². The molecule has 1 aliphatic rings. The predicted octanol–water partition coefficient (Wildman–Crippen LogP) is -2.62. The first-order valence-corrected chi connectivity index (χ1v) is 2.57. The summed E-state index contributed by atoms with van der Waals surface area (Å²) in [5.41, 5.74) is 0. The first-order chi connectivity index (χ1) is 2.43. The molecule has 0 radical (unpaired) electrons. The van der Waals surface area contributed by atoms with Crippen molar-refractivity contribution in [3.63, 3.8) is 0 Å². The fourth-order valence-electron chi connectivity index (χ4n) is 0.204. The molecule has 6 heavy (non-hydrogen) atoms. The zero-order valence-corrected chi connectivity index (χ0v) is 7.13. The molecule has 3 heteroatoms. The van der Waals surface area contributed by atoms with Gasteiger partial charge < -0.3 is 6.16 Å². The Labute approximate surface area is 63.8 Å². The fraction of sp³-hybridized carbons (Fsp3) is 1.00. The van der Waals surface area contributed by atoms with Crippen LogP contribution in [0.25, 0.3) is 0 Å². The summed E-state index contributed by atoms with van der Waals surface area (Å²) >= 11 is 0. The van der Waals surface area contributed by atoms with Crippen LogP contribution in [0.5, 0.6) is 0 Å². The Kier molecular flexibility index (Phi) is 4.19. The van der Waals surface area contributed by atoms with Gasteiger partial charge in [-0.15, -0.1) is 9.24 Å². The summed E-state index contributed by atoms with van der Waals surface area (Å²) in [6, 6.07) is 0. The first-order valence-electron chi connectivity index (χ1n) is 1.75. The molecule has 1 rings (SSSR count). The Hall–Kier alpha value is 1.39. The molecule has 0 amide bonds. The number of hydrogen-bond donors (Lipinski definition) is 0. The van der Waals surface area contributed by atoms with Gasteiger partial charge in [0.25, 0.3) is 0 Å². The van der Waals surface area contributed by atoms with Gasteiger partial charge >= 0.3 is 29.6 Å². The molecule has 0 saturated carbocycles. The molecule has 32 valence electrons. The smallest absolute Gasteiger partial charge is 1.00 e. The third kappa shape index (κ3) is 2.54. The van der Waals surface area contributed by atoms with Crippen molar-refractivity contribution in [1.82, 2.24) is 0 Å². The van der Waals surface area contributed by atoms with E-state index in [1.807, 2.05) is 0 Å². The summed E-state index contributed by atoms with van der Waals surface area (Å²) in [4.78, 5) is 0. The average molecular weight is 114 g/mol. The van der Waals surface area contributed by atoms with Gasteiger partial charge in [-0.1, -0.05) is 0 Å². The summed E-state index contributed by atoms with van der Waals surface area (Å²) in [6.45, 7) is 0.990. The van der Waals surface area contributed by atoms with Crippen LogP contribution in [0.1, 0.15) is 1.43 Å². The van der Waals surface area contributed by atoms with E-state index in [-0.39, 0.29) is 31.0 Å². The monoisotopic (exact) mass is 114 g/mol. The summed E-state index contributed by atoms with van der Waals surface area (Å²) in [7, 11) is 2.63. The largest absolute Gasteiger partial charge is 1.00 e. The van der Waals surface area contributed by atoms with Crippen molar-refractivity contribution in [3.05, 3.63) is 0 Å². The van der Waals surface area contributed by atoms with E-state index in [0.717, 1.165) is 12.8 Å². The predicted molar refractivity (Wildman–Crippen MR) is 25.4 cm³/mol. The van der Waals surface area contributed by atoms with Gasteiger partial charge in [0.2, 0.25) is 0 Å². The SMILES string of the molecule is PCC1CO1.[H-].[Na+]. The van der Waals surface area contributed by atoms with Crippen molar-refractivity contribution in [2.75, 3.05) is 12.8 Å². The second-order valence-electron chi connectivity index (χ2n) is 1.19. The van der Waals surface area contributed by atoms with Crippen LogP contribution in [0.15, 0.2) is 0 Å². The molecule has 2 atom stereocenters. The molecular weight excluding hydrogens is 106 g/mol. The fourth-order valence-corrected chi connectivity index (χ4v) is 0.476. The molecule has 0 aliphatic carbocycles. The van der Waals surface area contributed by atoms with Crippen LogP contribution in [0.2, 0.25) is 0 Å². The van der Waals surface area contributed by atoms with Crippen molar-refractivity contribution in [3.8, 4) is 0 Å². The molecule has 1 nitrogen and oxygen atoms in total. The van der Waals surface area contributed by atoms with Crippen LogP contribution in [-0.2, 0) is 4.74 Å². The average Bonchev–Trinajstić information content (AvgIpc) is 2.12. The van der Waals surface area contributed by atoms with Crippen molar-refractivity contribution < 1.29 is 35.7 Å². The quantitative estimate of drug-likeness (QED) is 0.206. The normalized spacial score (nSPS) is 28.5. The molecule has 1 saturated heterocycles. The summed E-state index contributed by atoms with van der Waals surface area (Å²) in [5.74, 6) is 0. The molecular formula is C3H8NaOP. The zero-order valence-electron chi connectivity index (χ0n) is 4.98. The van der Waals surface area contributed by atoms with Crippen molar-refractivity contribution in [2.45, 2.75) is 6.10 Å². The molecule has 0 aromatic heterocycles. The van der Waals surface area contributed by atoms with Gasteiger partial charge in [-0.25, -0.2) is 0 Å². The zero-order chi connectivity index (χ0) is 3.70. The van der Waals surface area contributed by atoms with Crippen molar-refractivity contribution in [1.29, 1.82) is 0 Å². The standard InChI is InChI=1S/C3H7OP.Na.H/c5-2-3-1-4-3;;/h3H,1-2,5H2;;/q;+1;-1. The van der Waals surface area contributed by atoms with Gasteiger partial charge in [-0.3, -0.25) is 0 Å². The second-order valence-corrected chi connectivity index (χ2v) is 1.66. The van der Waals surface area contributed by atoms with E-state index in [0.29, 0.717) is 6.10 Å². The summed E-state index contributed by atoms with van der Waals surface area (Å²) < 4.78 is 4.84. The molecule has 0 N–H and O–H groups in total. The molecule has 1 aliphatic heterocycles. The van der Waals surface area contributed by atoms with Crippen molar-refractivity contribution in [2.24, 2.45) is 0 Å². The first kappa shape index (κ1) is 7.39. The van der Waals surface area contributed by atoms with E-state index in [1.165, 1.54) is 0 Å². The molecule has 0 aromatic rings. The number of ether oxygens (including phenoxy) is 1. The van der Waals surface area contributed by atoms with Gasteiger partial charge in [0.15, 0.2) is 0 Å². The third-order valence-electron chi connectivity index (χ3n) is 0.665. The minimum atomic E-state index is 0. The molecule has 0 spiro atoms. The van der Waals surface area contributed by atoms with Gasteiger partial charge in [-0.2, -0.15) is 0 Å². The van der Waals surface area contributed by atoms with Crippen LogP contribution in [0.4, 0.5) is 0 Å². The second kappa shape index (κ2) is 3.40. The number of rotatable bonds is 1. The maximum absolute atomic E-state index is 4.84. The minimum Gasteiger partial charge on any atom is -1.00 e. The molecule has 0 bridgehead atoms. The van der Waals surface area contributed by atoms with Crippen LogP contribution < -0.4 is 29.6 Å². The molecule has 0 aromatic carbocycles. The Morgan fingerprint density at radius 1 is 2.00 bits per heavy atom. The van der Waals surface area contributed by atoms with E-state index in [9.17, 15) is 0 Å². The topological polar surface area (TPSA) is 12.5 Å². The molecule has 2 unspecified atom stereocenters. The van der Waals surface area contributed by atoms with Crippen LogP contribution >= 0.6 is 9.24 Å².